The molecule has 24 heavy (non-hydrogen) atoms. The Bertz CT molecular complexity index is 740. The summed E-state index contributed by atoms with van der Waals surface area (Å²) in [5, 5.41) is 11.8. The molecular weight excluding hydrogens is 309 g/mol. The van der Waals surface area contributed by atoms with Crippen molar-refractivity contribution in [2.24, 2.45) is 0 Å². The minimum absolute atomic E-state index is 0.0214. The quantitative estimate of drug-likeness (QED) is 0.856. The molecule has 1 amide bonds. The van der Waals surface area contributed by atoms with Gasteiger partial charge in [-0.1, -0.05) is 24.3 Å². The number of halogens is 1. The first-order valence-electron chi connectivity index (χ1n) is 7.90. The summed E-state index contributed by atoms with van der Waals surface area (Å²) in [6.07, 6.45) is 1.81. The molecule has 0 saturated heterocycles. The second kappa shape index (κ2) is 6.83. The van der Waals surface area contributed by atoms with Gasteiger partial charge in [-0.05, 0) is 48.2 Å². The SMILES string of the molecule is O=C(CCc1ccc(C(=O)O)cc1)N[C@@H]1C[C@H]1c1ccc(F)cc1. The van der Waals surface area contributed by atoms with Crippen LogP contribution in [0, 0.1) is 5.82 Å². The highest BCUT2D eigenvalue weighted by Gasteiger charge is 2.39. The fourth-order valence-electron chi connectivity index (χ4n) is 2.78. The van der Waals surface area contributed by atoms with Gasteiger partial charge in [-0.25, -0.2) is 9.18 Å². The van der Waals surface area contributed by atoms with Crippen molar-refractivity contribution in [3.05, 3.63) is 71.0 Å². The standard InChI is InChI=1S/C19H18FNO3/c20-15-8-6-13(7-9-15)16-11-17(16)21-18(22)10-3-12-1-4-14(5-2-12)19(23)24/h1-2,4-9,16-17H,3,10-11H2,(H,21,22)(H,23,24)/t16-,17+/m0/s1. The van der Waals surface area contributed by atoms with Gasteiger partial charge in [0.2, 0.25) is 5.91 Å². The van der Waals surface area contributed by atoms with Crippen LogP contribution in [-0.4, -0.2) is 23.0 Å². The smallest absolute Gasteiger partial charge is 0.335 e. The zero-order valence-electron chi connectivity index (χ0n) is 13.0. The van der Waals surface area contributed by atoms with Crippen LogP contribution in [0.2, 0.25) is 0 Å². The number of carbonyl (C=O) groups excluding carboxylic acids is 1. The molecule has 0 spiro atoms. The maximum absolute atomic E-state index is 12.9. The minimum atomic E-state index is -0.958. The van der Waals surface area contributed by atoms with Crippen LogP contribution in [0.3, 0.4) is 0 Å². The average Bonchev–Trinajstić information content (AvgIpc) is 3.33. The van der Waals surface area contributed by atoms with E-state index in [0.717, 1.165) is 17.5 Å². The van der Waals surface area contributed by atoms with Crippen molar-refractivity contribution in [1.29, 1.82) is 0 Å². The van der Waals surface area contributed by atoms with Gasteiger partial charge >= 0.3 is 5.97 Å². The first-order chi connectivity index (χ1) is 11.5. The lowest BCUT2D eigenvalue weighted by molar-refractivity contribution is -0.121. The van der Waals surface area contributed by atoms with E-state index in [9.17, 15) is 14.0 Å². The van der Waals surface area contributed by atoms with E-state index in [4.69, 9.17) is 5.11 Å². The van der Waals surface area contributed by atoms with Crippen molar-refractivity contribution < 1.29 is 19.1 Å². The van der Waals surface area contributed by atoms with Gasteiger partial charge in [0.1, 0.15) is 5.82 Å². The predicted molar refractivity (Wildman–Crippen MR) is 87.4 cm³/mol. The molecule has 0 heterocycles. The number of nitrogens with one attached hydrogen (secondary N) is 1. The number of carbonyl (C=O) groups is 2. The minimum Gasteiger partial charge on any atom is -0.478 e. The summed E-state index contributed by atoms with van der Waals surface area (Å²) in [6, 6.07) is 13.1. The van der Waals surface area contributed by atoms with Gasteiger partial charge in [0.25, 0.3) is 0 Å². The van der Waals surface area contributed by atoms with Gasteiger partial charge in [0, 0.05) is 18.4 Å². The van der Waals surface area contributed by atoms with E-state index in [2.05, 4.69) is 5.32 Å². The van der Waals surface area contributed by atoms with E-state index in [1.54, 1.807) is 36.4 Å². The molecule has 1 aliphatic rings. The Morgan fingerprint density at radius 1 is 1.08 bits per heavy atom. The Morgan fingerprint density at radius 2 is 1.75 bits per heavy atom. The summed E-state index contributed by atoms with van der Waals surface area (Å²) < 4.78 is 12.9. The average molecular weight is 327 g/mol. The fourth-order valence-corrected chi connectivity index (χ4v) is 2.78. The molecule has 2 aromatic carbocycles. The van der Waals surface area contributed by atoms with Crippen LogP contribution in [0.5, 0.6) is 0 Å². The maximum atomic E-state index is 12.9. The molecule has 3 rings (SSSR count). The predicted octanol–water partition coefficient (Wildman–Crippen LogP) is 3.13. The number of carboxylic acid groups (broad SMARTS) is 1. The summed E-state index contributed by atoms with van der Waals surface area (Å²) in [5.41, 5.74) is 2.22. The third kappa shape index (κ3) is 3.98. The van der Waals surface area contributed by atoms with Crippen LogP contribution in [0.25, 0.3) is 0 Å². The molecule has 124 valence electrons. The Kier molecular flexibility index (Phi) is 4.60. The number of aromatic carboxylic acids is 1. The molecule has 5 heteroatoms. The molecule has 2 aromatic rings. The Hall–Kier alpha value is -2.69. The maximum Gasteiger partial charge on any atom is 0.335 e. The molecule has 0 bridgehead atoms. The molecule has 2 N–H and O–H groups in total. The summed E-state index contributed by atoms with van der Waals surface area (Å²) >= 11 is 0. The van der Waals surface area contributed by atoms with Crippen molar-refractivity contribution in [2.45, 2.75) is 31.2 Å². The van der Waals surface area contributed by atoms with Crippen molar-refractivity contribution in [3.63, 3.8) is 0 Å². The Morgan fingerprint density at radius 3 is 2.38 bits per heavy atom. The van der Waals surface area contributed by atoms with E-state index in [1.165, 1.54) is 12.1 Å². The lowest BCUT2D eigenvalue weighted by Gasteiger charge is -2.06. The van der Waals surface area contributed by atoms with Gasteiger partial charge in [-0.15, -0.1) is 0 Å². The molecule has 1 aliphatic carbocycles. The van der Waals surface area contributed by atoms with Gasteiger partial charge < -0.3 is 10.4 Å². The number of amides is 1. The van der Waals surface area contributed by atoms with Crippen LogP contribution in [0.4, 0.5) is 4.39 Å². The van der Waals surface area contributed by atoms with Gasteiger partial charge in [0.15, 0.2) is 0 Å². The van der Waals surface area contributed by atoms with Crippen molar-refractivity contribution in [1.82, 2.24) is 5.32 Å². The largest absolute Gasteiger partial charge is 0.478 e. The van der Waals surface area contributed by atoms with E-state index in [1.807, 2.05) is 0 Å². The van der Waals surface area contributed by atoms with Crippen molar-refractivity contribution >= 4 is 11.9 Å². The zero-order chi connectivity index (χ0) is 17.1. The van der Waals surface area contributed by atoms with Gasteiger partial charge in [0.05, 0.1) is 5.56 Å². The molecule has 0 radical (unpaired) electrons. The fraction of sp³-hybridized carbons (Fsp3) is 0.263. The summed E-state index contributed by atoms with van der Waals surface area (Å²) in [5.74, 6) is -0.968. The molecule has 4 nitrogen and oxygen atoms in total. The molecule has 0 aliphatic heterocycles. The number of aryl methyl sites for hydroxylation is 1. The lowest BCUT2D eigenvalue weighted by atomic mass is 10.1. The second-order valence-electron chi connectivity index (χ2n) is 6.07. The second-order valence-corrected chi connectivity index (χ2v) is 6.07. The lowest BCUT2D eigenvalue weighted by Crippen LogP contribution is -2.26. The number of carboxylic acids is 1. The number of hydrogen-bond acceptors (Lipinski definition) is 2. The summed E-state index contributed by atoms with van der Waals surface area (Å²) in [7, 11) is 0. The van der Waals surface area contributed by atoms with Crippen molar-refractivity contribution in [2.75, 3.05) is 0 Å². The normalized spacial score (nSPS) is 18.9. The molecular formula is C19H18FNO3. The van der Waals surface area contributed by atoms with E-state index in [-0.39, 0.29) is 29.2 Å². The van der Waals surface area contributed by atoms with Crippen LogP contribution >= 0.6 is 0 Å². The third-order valence-corrected chi connectivity index (χ3v) is 4.28. The zero-order valence-corrected chi connectivity index (χ0v) is 13.0. The molecule has 2 atom stereocenters. The third-order valence-electron chi connectivity index (χ3n) is 4.28. The van der Waals surface area contributed by atoms with Crippen molar-refractivity contribution in [3.8, 4) is 0 Å². The van der Waals surface area contributed by atoms with Gasteiger partial charge in [-0.3, -0.25) is 4.79 Å². The topological polar surface area (TPSA) is 66.4 Å². The number of rotatable bonds is 6. The van der Waals surface area contributed by atoms with Crippen LogP contribution in [-0.2, 0) is 11.2 Å². The van der Waals surface area contributed by atoms with Gasteiger partial charge in [-0.2, -0.15) is 0 Å². The van der Waals surface area contributed by atoms with E-state index < -0.39 is 5.97 Å². The summed E-state index contributed by atoms with van der Waals surface area (Å²) in [4.78, 5) is 22.8. The first-order valence-corrected chi connectivity index (χ1v) is 7.90. The highest BCUT2D eigenvalue weighted by atomic mass is 19.1. The van der Waals surface area contributed by atoms with E-state index >= 15 is 0 Å². The monoisotopic (exact) mass is 327 g/mol. The first kappa shape index (κ1) is 16.2. The Labute approximate surface area is 139 Å². The summed E-state index contributed by atoms with van der Waals surface area (Å²) in [6.45, 7) is 0. The molecule has 1 saturated carbocycles. The van der Waals surface area contributed by atoms with E-state index in [0.29, 0.717) is 12.8 Å². The number of benzene rings is 2. The molecule has 0 unspecified atom stereocenters. The van der Waals surface area contributed by atoms with Crippen LogP contribution in [0.15, 0.2) is 48.5 Å². The van der Waals surface area contributed by atoms with Crippen LogP contribution < -0.4 is 5.32 Å². The Balaban J connectivity index is 1.45. The highest BCUT2D eigenvalue weighted by Crippen LogP contribution is 2.40. The highest BCUT2D eigenvalue weighted by molar-refractivity contribution is 5.87. The number of hydrogen-bond donors (Lipinski definition) is 2. The van der Waals surface area contributed by atoms with Crippen LogP contribution in [0.1, 0.15) is 40.2 Å². The molecule has 0 aromatic heterocycles. The molecule has 1 fully saturated rings.